The number of benzene rings is 1. The summed E-state index contributed by atoms with van der Waals surface area (Å²) in [6, 6.07) is 6.67. The zero-order valence-electron chi connectivity index (χ0n) is 12.8. The number of amides is 1. The normalized spacial score (nSPS) is 13.2. The molecule has 0 spiro atoms. The molecule has 0 unspecified atom stereocenters. The van der Waals surface area contributed by atoms with Crippen molar-refractivity contribution in [3.63, 3.8) is 0 Å². The lowest BCUT2D eigenvalue weighted by Gasteiger charge is -2.18. The van der Waals surface area contributed by atoms with Crippen molar-refractivity contribution in [2.75, 3.05) is 19.8 Å². The maximum atomic E-state index is 12.4. The van der Waals surface area contributed by atoms with E-state index < -0.39 is 10.0 Å². The molecule has 0 aromatic heterocycles. The maximum absolute atomic E-state index is 12.4. The van der Waals surface area contributed by atoms with Gasteiger partial charge in [-0.1, -0.05) is 6.92 Å². The molecule has 118 valence electrons. The third kappa shape index (κ3) is 5.01. The van der Waals surface area contributed by atoms with E-state index in [9.17, 15) is 13.2 Å². The number of hydrogen-bond acceptors (Lipinski definition) is 4. The van der Waals surface area contributed by atoms with Gasteiger partial charge in [-0.25, -0.2) is 8.42 Å². The first kappa shape index (κ1) is 18.0. The molecular formula is C14H22N2O3S2. The van der Waals surface area contributed by atoms with Gasteiger partial charge in [-0.2, -0.15) is 4.31 Å². The van der Waals surface area contributed by atoms with Crippen molar-refractivity contribution in [1.29, 1.82) is 0 Å². The average molecular weight is 330 g/mol. The molecule has 1 aromatic rings. The van der Waals surface area contributed by atoms with Crippen LogP contribution < -0.4 is 5.32 Å². The molecule has 0 aliphatic carbocycles. The number of carbonyl (C=O) groups is 1. The first-order valence-corrected chi connectivity index (χ1v) is 9.37. The molecule has 1 N–H and O–H groups in total. The van der Waals surface area contributed by atoms with Gasteiger partial charge in [-0.15, -0.1) is 11.8 Å². The van der Waals surface area contributed by atoms with Gasteiger partial charge in [0.1, 0.15) is 0 Å². The van der Waals surface area contributed by atoms with Crippen molar-refractivity contribution in [3.05, 3.63) is 24.3 Å². The summed E-state index contributed by atoms with van der Waals surface area (Å²) in [6.45, 7) is 3.66. The Kier molecular flexibility index (Phi) is 6.70. The van der Waals surface area contributed by atoms with Crippen LogP contribution in [0, 0.1) is 0 Å². The Morgan fingerprint density at radius 1 is 1.33 bits per heavy atom. The molecule has 0 fully saturated rings. The molecule has 0 heterocycles. The number of carbonyl (C=O) groups excluding carboxylic acids is 1. The molecule has 0 bridgehead atoms. The number of sulfonamides is 1. The highest BCUT2D eigenvalue weighted by Crippen LogP contribution is 2.19. The van der Waals surface area contributed by atoms with Crippen molar-refractivity contribution in [2.45, 2.75) is 36.1 Å². The summed E-state index contributed by atoms with van der Waals surface area (Å²) >= 11 is 1.54. The van der Waals surface area contributed by atoms with Gasteiger partial charge in [0.15, 0.2) is 0 Å². The molecule has 1 atom stereocenters. The average Bonchev–Trinajstić information content (AvgIpc) is 2.46. The number of rotatable bonds is 7. The fourth-order valence-electron chi connectivity index (χ4n) is 1.64. The summed E-state index contributed by atoms with van der Waals surface area (Å²) in [5.74, 6) is -0.295. The molecule has 0 aliphatic heterocycles. The highest BCUT2D eigenvalue weighted by Gasteiger charge is 2.23. The van der Waals surface area contributed by atoms with Crippen molar-refractivity contribution >= 4 is 27.7 Å². The minimum atomic E-state index is -3.64. The minimum absolute atomic E-state index is 0.0365. The van der Waals surface area contributed by atoms with E-state index in [-0.39, 0.29) is 23.4 Å². The molecule has 1 aromatic carbocycles. The van der Waals surface area contributed by atoms with Gasteiger partial charge in [-0.3, -0.25) is 4.79 Å². The Morgan fingerprint density at radius 3 is 2.38 bits per heavy atom. The van der Waals surface area contributed by atoms with Crippen LogP contribution in [-0.2, 0) is 14.8 Å². The monoisotopic (exact) mass is 330 g/mol. The second-order valence-electron chi connectivity index (χ2n) is 4.81. The Morgan fingerprint density at radius 2 is 1.90 bits per heavy atom. The van der Waals surface area contributed by atoms with Crippen LogP contribution in [-0.4, -0.2) is 44.5 Å². The molecule has 1 amide bonds. The highest BCUT2D eigenvalue weighted by atomic mass is 32.2. The lowest BCUT2D eigenvalue weighted by atomic mass is 10.2. The van der Waals surface area contributed by atoms with Crippen LogP contribution in [0.1, 0.15) is 20.3 Å². The Hall–Kier alpha value is -1.05. The Balaban J connectivity index is 2.79. The predicted molar refractivity (Wildman–Crippen MR) is 85.9 cm³/mol. The van der Waals surface area contributed by atoms with E-state index >= 15 is 0 Å². The molecule has 0 aliphatic rings. The van der Waals surface area contributed by atoms with E-state index in [4.69, 9.17) is 0 Å². The quantitative estimate of drug-likeness (QED) is 0.776. The maximum Gasteiger partial charge on any atom is 0.243 e. The van der Waals surface area contributed by atoms with Crippen LogP contribution >= 0.6 is 11.8 Å². The fourth-order valence-corrected chi connectivity index (χ4v) is 3.17. The van der Waals surface area contributed by atoms with E-state index in [1.165, 1.54) is 7.05 Å². The summed E-state index contributed by atoms with van der Waals surface area (Å²) in [5, 5.41) is 2.75. The molecule has 0 saturated heterocycles. The summed E-state index contributed by atoms with van der Waals surface area (Å²) in [6.07, 6.45) is 2.73. The van der Waals surface area contributed by atoms with Gasteiger partial charge in [0, 0.05) is 18.0 Å². The molecule has 0 saturated carbocycles. The standard InChI is InChI=1S/C14H22N2O3S2/c1-5-11(2)15-14(17)10-16(3)21(18,19)13-8-6-12(20-4)7-9-13/h6-9,11H,5,10H2,1-4H3,(H,15,17)/t11-/m0/s1. The second-order valence-corrected chi connectivity index (χ2v) is 7.74. The van der Waals surface area contributed by atoms with E-state index in [0.29, 0.717) is 0 Å². The first-order chi connectivity index (χ1) is 9.81. The van der Waals surface area contributed by atoms with Crippen LogP contribution in [0.25, 0.3) is 0 Å². The van der Waals surface area contributed by atoms with Gasteiger partial charge in [-0.05, 0) is 43.9 Å². The minimum Gasteiger partial charge on any atom is -0.353 e. The van der Waals surface area contributed by atoms with Gasteiger partial charge in [0.2, 0.25) is 15.9 Å². The van der Waals surface area contributed by atoms with Crippen LogP contribution in [0.2, 0.25) is 0 Å². The highest BCUT2D eigenvalue weighted by molar-refractivity contribution is 7.98. The predicted octanol–water partition coefficient (Wildman–Crippen LogP) is 1.94. The lowest BCUT2D eigenvalue weighted by molar-refractivity contribution is -0.121. The van der Waals surface area contributed by atoms with Crippen molar-refractivity contribution < 1.29 is 13.2 Å². The number of nitrogens with zero attached hydrogens (tertiary/aromatic N) is 1. The summed E-state index contributed by atoms with van der Waals surface area (Å²) < 4.78 is 25.8. The zero-order valence-corrected chi connectivity index (χ0v) is 14.4. The smallest absolute Gasteiger partial charge is 0.243 e. The van der Waals surface area contributed by atoms with E-state index in [2.05, 4.69) is 5.32 Å². The number of thioether (sulfide) groups is 1. The topological polar surface area (TPSA) is 66.5 Å². The molecule has 5 nitrogen and oxygen atoms in total. The summed E-state index contributed by atoms with van der Waals surface area (Å²) in [5.41, 5.74) is 0. The van der Waals surface area contributed by atoms with Crippen LogP contribution in [0.4, 0.5) is 0 Å². The number of hydrogen-bond donors (Lipinski definition) is 1. The molecular weight excluding hydrogens is 308 g/mol. The zero-order chi connectivity index (χ0) is 16.0. The molecule has 21 heavy (non-hydrogen) atoms. The van der Waals surface area contributed by atoms with E-state index in [0.717, 1.165) is 15.6 Å². The van der Waals surface area contributed by atoms with Gasteiger partial charge >= 0.3 is 0 Å². The summed E-state index contributed by atoms with van der Waals surface area (Å²) in [4.78, 5) is 13.0. The molecule has 7 heteroatoms. The lowest BCUT2D eigenvalue weighted by Crippen LogP contribution is -2.41. The third-order valence-corrected chi connectivity index (χ3v) is 5.71. The molecule has 0 radical (unpaired) electrons. The van der Waals surface area contributed by atoms with Crippen LogP contribution in [0.5, 0.6) is 0 Å². The van der Waals surface area contributed by atoms with Gasteiger partial charge in [0.05, 0.1) is 11.4 Å². The Labute approximate surface area is 131 Å². The van der Waals surface area contributed by atoms with Gasteiger partial charge < -0.3 is 5.32 Å². The van der Waals surface area contributed by atoms with Crippen molar-refractivity contribution in [3.8, 4) is 0 Å². The fraction of sp³-hybridized carbons (Fsp3) is 0.500. The first-order valence-electron chi connectivity index (χ1n) is 6.71. The van der Waals surface area contributed by atoms with Crippen molar-refractivity contribution in [2.24, 2.45) is 0 Å². The van der Waals surface area contributed by atoms with E-state index in [1.54, 1.807) is 36.0 Å². The number of likely N-dealkylation sites (N-methyl/N-ethyl adjacent to an activating group) is 1. The van der Waals surface area contributed by atoms with Crippen LogP contribution in [0.3, 0.4) is 0 Å². The van der Waals surface area contributed by atoms with Crippen LogP contribution in [0.15, 0.2) is 34.1 Å². The largest absolute Gasteiger partial charge is 0.353 e. The van der Waals surface area contributed by atoms with E-state index in [1.807, 2.05) is 20.1 Å². The van der Waals surface area contributed by atoms with Crippen molar-refractivity contribution in [1.82, 2.24) is 9.62 Å². The third-order valence-electron chi connectivity index (χ3n) is 3.15. The molecule has 1 rings (SSSR count). The Bertz CT molecular complexity index is 570. The SMILES string of the molecule is CC[C@H](C)NC(=O)CN(C)S(=O)(=O)c1ccc(SC)cc1. The second kappa shape index (κ2) is 7.82. The number of nitrogens with one attached hydrogen (secondary N) is 1. The summed E-state index contributed by atoms with van der Waals surface area (Å²) in [7, 11) is -2.23. The van der Waals surface area contributed by atoms with Gasteiger partial charge in [0.25, 0.3) is 0 Å².